The number of carbonyl (C=O) groups excluding carboxylic acids is 1. The predicted octanol–water partition coefficient (Wildman–Crippen LogP) is 4.82. The van der Waals surface area contributed by atoms with Gasteiger partial charge in [-0.15, -0.1) is 11.3 Å². The van der Waals surface area contributed by atoms with Gasteiger partial charge in [-0.2, -0.15) is 0 Å². The summed E-state index contributed by atoms with van der Waals surface area (Å²) in [6.45, 7) is 5.16. The number of aliphatic imine (C=N–C) groups is 1. The zero-order valence-corrected chi connectivity index (χ0v) is 24.4. The number of thioether (sulfide) groups is 1. The van der Waals surface area contributed by atoms with Crippen LogP contribution in [0.15, 0.2) is 98.0 Å². The van der Waals surface area contributed by atoms with Gasteiger partial charge in [0.15, 0.2) is 5.84 Å². The number of para-hydroxylation sites is 2. The molecule has 0 atom stereocenters. The molecule has 1 amide bonds. The maximum atomic E-state index is 14.0. The van der Waals surface area contributed by atoms with Crippen molar-refractivity contribution in [2.24, 2.45) is 4.99 Å². The van der Waals surface area contributed by atoms with Crippen molar-refractivity contribution in [2.75, 3.05) is 16.5 Å². The second-order valence-corrected chi connectivity index (χ2v) is 11.8. The van der Waals surface area contributed by atoms with Crippen LogP contribution in [0.4, 0.5) is 17.1 Å². The Balaban J connectivity index is 1.62. The lowest BCUT2D eigenvalue weighted by Gasteiger charge is -2.16. The number of hydrazine groups is 1. The lowest BCUT2D eigenvalue weighted by molar-refractivity contribution is -0.113. The first-order valence-corrected chi connectivity index (χ1v) is 15.0. The number of nitrogens with zero attached hydrogens (tertiary/aromatic N) is 4. The van der Waals surface area contributed by atoms with E-state index < -0.39 is 0 Å². The van der Waals surface area contributed by atoms with Crippen molar-refractivity contribution in [3.8, 4) is 0 Å². The monoisotopic (exact) mass is 617 g/mol. The van der Waals surface area contributed by atoms with Gasteiger partial charge in [0.2, 0.25) is 0 Å². The van der Waals surface area contributed by atoms with Crippen LogP contribution in [0.25, 0.3) is 10.6 Å². The molecule has 1 saturated heterocycles. The van der Waals surface area contributed by atoms with E-state index in [2.05, 4.69) is 45.3 Å². The van der Waals surface area contributed by atoms with Gasteiger partial charge in [-0.3, -0.25) is 19.6 Å². The van der Waals surface area contributed by atoms with Crippen LogP contribution in [0, 0.1) is 0 Å². The highest BCUT2D eigenvalue weighted by atomic mass is 79.9. The highest BCUT2D eigenvalue weighted by molar-refractivity contribution is 9.10. The molecule has 39 heavy (non-hydrogen) atoms. The number of rotatable bonds is 4. The maximum Gasteiger partial charge on any atom is 0.283 e. The van der Waals surface area contributed by atoms with E-state index in [1.807, 2.05) is 73.7 Å². The number of amides is 1. The average molecular weight is 619 g/mol. The van der Waals surface area contributed by atoms with E-state index >= 15 is 0 Å². The van der Waals surface area contributed by atoms with Crippen molar-refractivity contribution >= 4 is 78.4 Å². The molecule has 4 aromatic rings. The third-order valence-electron chi connectivity index (χ3n) is 6.47. The van der Waals surface area contributed by atoms with Crippen molar-refractivity contribution in [1.82, 2.24) is 9.99 Å². The van der Waals surface area contributed by atoms with Crippen molar-refractivity contribution in [3.63, 3.8) is 0 Å². The highest BCUT2D eigenvalue weighted by Crippen LogP contribution is 2.45. The molecule has 10 heteroatoms. The fourth-order valence-electron chi connectivity index (χ4n) is 4.67. The molecule has 1 N–H and O–H groups in total. The van der Waals surface area contributed by atoms with Gasteiger partial charge in [-0.1, -0.05) is 64.1 Å². The van der Waals surface area contributed by atoms with Gasteiger partial charge in [0, 0.05) is 22.5 Å². The fraction of sp³-hybridized carbons (Fsp3) is 0.138. The number of nitrogens with one attached hydrogen (secondary N) is 1. The summed E-state index contributed by atoms with van der Waals surface area (Å²) in [7, 11) is 0. The Kier molecular flexibility index (Phi) is 6.92. The molecule has 0 aliphatic carbocycles. The zero-order valence-electron chi connectivity index (χ0n) is 21.2. The van der Waals surface area contributed by atoms with Crippen LogP contribution in [0.2, 0.25) is 0 Å². The minimum Gasteiger partial charge on any atom is -0.334 e. The van der Waals surface area contributed by atoms with E-state index in [9.17, 15) is 9.59 Å². The summed E-state index contributed by atoms with van der Waals surface area (Å²) >= 11 is 6.45. The second kappa shape index (κ2) is 10.5. The number of carbonyl (C=O) groups is 1. The minimum atomic E-state index is -0.260. The summed E-state index contributed by atoms with van der Waals surface area (Å²) in [5.41, 5.74) is 5.94. The Labute approximate surface area is 241 Å². The van der Waals surface area contributed by atoms with Crippen molar-refractivity contribution < 1.29 is 4.79 Å². The van der Waals surface area contributed by atoms with Crippen LogP contribution < -0.4 is 30.1 Å². The van der Waals surface area contributed by atoms with Crippen molar-refractivity contribution in [2.45, 2.75) is 25.3 Å². The molecule has 196 valence electrons. The lowest BCUT2D eigenvalue weighted by atomic mass is 10.2. The molecule has 2 aliphatic rings. The van der Waals surface area contributed by atoms with Crippen LogP contribution in [-0.4, -0.2) is 22.9 Å². The molecule has 6 rings (SSSR count). The topological polar surface area (TPSA) is 69.9 Å². The van der Waals surface area contributed by atoms with Gasteiger partial charge in [0.05, 0.1) is 17.1 Å². The molecule has 0 unspecified atom stereocenters. The normalized spacial score (nSPS) is 18.6. The third-order valence-corrected chi connectivity index (χ3v) is 9.46. The number of hydrogen-bond donors (Lipinski definition) is 1. The second-order valence-electron chi connectivity index (χ2n) is 8.81. The van der Waals surface area contributed by atoms with E-state index in [1.54, 1.807) is 16.3 Å². The lowest BCUT2D eigenvalue weighted by Crippen LogP contribution is -2.36. The summed E-state index contributed by atoms with van der Waals surface area (Å²) in [6, 6.07) is 25.1. The number of amidine groups is 1. The molecule has 0 radical (unpaired) electrons. The SMILES string of the molecule is CCN1/C(=c2/s/c(=C3/C(=O)N(c4ccccc4)NC3=Nc3cccc(Br)c3)n(CC)c2=O)Sc2ccccc21. The number of thiazole rings is 1. The molecular weight excluding hydrogens is 594 g/mol. The molecular formula is C29H24BrN5O2S2. The van der Waals surface area contributed by atoms with Gasteiger partial charge in [-0.25, -0.2) is 10.0 Å². The molecule has 2 aliphatic heterocycles. The number of fused-ring (bicyclic) bond motifs is 1. The molecule has 0 bridgehead atoms. The Hall–Kier alpha value is -3.60. The first-order valence-electron chi connectivity index (χ1n) is 12.5. The first-order chi connectivity index (χ1) is 19.0. The average Bonchev–Trinajstić information content (AvgIpc) is 3.59. The molecule has 0 spiro atoms. The first kappa shape index (κ1) is 25.7. The standard InChI is InChI=1S/C29H24BrN5O2S2/c1-3-33-21-15-8-9-16-22(21)38-29(33)24-27(37)34(4-2)28(39-24)23-25(31-19-12-10-11-18(30)17-19)32-35(26(23)36)20-13-6-5-7-14-20/h5-17H,3-4H2,1-2H3,(H,31,32)/b28-23+,29-24-. The zero-order chi connectivity index (χ0) is 27.1. The summed E-state index contributed by atoms with van der Waals surface area (Å²) in [4.78, 5) is 35.9. The van der Waals surface area contributed by atoms with E-state index in [1.165, 1.54) is 16.3 Å². The molecule has 0 saturated carbocycles. The Bertz CT molecular complexity index is 1810. The van der Waals surface area contributed by atoms with Gasteiger partial charge in [0.25, 0.3) is 11.5 Å². The number of benzene rings is 3. The molecule has 7 nitrogen and oxygen atoms in total. The Morgan fingerprint density at radius 3 is 2.44 bits per heavy atom. The smallest absolute Gasteiger partial charge is 0.283 e. The number of halogens is 1. The summed E-state index contributed by atoms with van der Waals surface area (Å²) < 4.78 is 3.77. The van der Waals surface area contributed by atoms with Gasteiger partial charge >= 0.3 is 0 Å². The molecule has 3 aromatic carbocycles. The van der Waals surface area contributed by atoms with Crippen molar-refractivity contribution in [3.05, 3.63) is 103 Å². The Morgan fingerprint density at radius 1 is 0.923 bits per heavy atom. The van der Waals surface area contributed by atoms with Crippen LogP contribution in [0.5, 0.6) is 0 Å². The molecule has 1 aromatic heterocycles. The minimum absolute atomic E-state index is 0.105. The summed E-state index contributed by atoms with van der Waals surface area (Å²) in [5.74, 6) is 0.140. The molecule has 3 heterocycles. The highest BCUT2D eigenvalue weighted by Gasteiger charge is 2.36. The predicted molar refractivity (Wildman–Crippen MR) is 164 cm³/mol. The molecule has 1 fully saturated rings. The van der Waals surface area contributed by atoms with Gasteiger partial charge in [-0.05, 0) is 56.3 Å². The third kappa shape index (κ3) is 4.52. The van der Waals surface area contributed by atoms with Crippen LogP contribution in [-0.2, 0) is 11.3 Å². The van der Waals surface area contributed by atoms with E-state index in [0.29, 0.717) is 38.5 Å². The van der Waals surface area contributed by atoms with E-state index in [0.717, 1.165) is 26.6 Å². The number of anilines is 2. The Morgan fingerprint density at radius 2 is 1.69 bits per heavy atom. The maximum absolute atomic E-state index is 14.0. The van der Waals surface area contributed by atoms with Gasteiger partial charge < -0.3 is 4.90 Å². The van der Waals surface area contributed by atoms with E-state index in [4.69, 9.17) is 4.99 Å². The fourth-order valence-corrected chi connectivity index (χ4v) is 7.66. The quantitative estimate of drug-likeness (QED) is 0.355. The van der Waals surface area contributed by atoms with Crippen molar-refractivity contribution in [1.29, 1.82) is 0 Å². The van der Waals surface area contributed by atoms with Crippen LogP contribution in [0.3, 0.4) is 0 Å². The number of aromatic nitrogens is 1. The van der Waals surface area contributed by atoms with Crippen LogP contribution >= 0.6 is 39.0 Å². The largest absolute Gasteiger partial charge is 0.334 e. The van der Waals surface area contributed by atoms with Crippen LogP contribution in [0.1, 0.15) is 13.8 Å². The summed E-state index contributed by atoms with van der Waals surface area (Å²) in [5, 5.41) is 2.38. The summed E-state index contributed by atoms with van der Waals surface area (Å²) in [6.07, 6.45) is 0. The number of hydrogen-bond acceptors (Lipinski definition) is 6. The van der Waals surface area contributed by atoms with E-state index in [-0.39, 0.29) is 11.5 Å². The van der Waals surface area contributed by atoms with Gasteiger partial charge in [0.1, 0.15) is 19.8 Å².